The minimum absolute atomic E-state index is 0.110. The summed E-state index contributed by atoms with van der Waals surface area (Å²) >= 11 is 0. The minimum atomic E-state index is -0.238. The van der Waals surface area contributed by atoms with Crippen molar-refractivity contribution in [2.45, 2.75) is 70.4 Å². The number of piperidine rings is 1. The summed E-state index contributed by atoms with van der Waals surface area (Å²) < 4.78 is 13.8. The molecule has 1 aliphatic heterocycles. The van der Waals surface area contributed by atoms with Crippen molar-refractivity contribution in [2.75, 3.05) is 13.1 Å². The molecule has 0 radical (unpaired) electrons. The lowest BCUT2D eigenvalue weighted by atomic mass is 9.88. The minimum Gasteiger partial charge on any atom is -0.353 e. The molecule has 1 atom stereocenters. The number of halogens is 1. The van der Waals surface area contributed by atoms with Gasteiger partial charge in [0.15, 0.2) is 0 Å². The van der Waals surface area contributed by atoms with Crippen LogP contribution in [0.25, 0.3) is 0 Å². The fraction of sp³-hybridized carbons (Fsp3) is 0.636. The third-order valence-electron chi connectivity index (χ3n) is 5.96. The van der Waals surface area contributed by atoms with Crippen LogP contribution in [-0.2, 0) is 11.2 Å². The van der Waals surface area contributed by atoms with Gasteiger partial charge in [-0.05, 0) is 50.7 Å². The highest BCUT2D eigenvalue weighted by molar-refractivity contribution is 5.79. The summed E-state index contributed by atoms with van der Waals surface area (Å²) in [6, 6.07) is 6.57. The van der Waals surface area contributed by atoms with Gasteiger partial charge >= 0.3 is 6.03 Å². The van der Waals surface area contributed by atoms with E-state index in [1.54, 1.807) is 23.1 Å². The molecule has 28 heavy (non-hydrogen) atoms. The molecule has 1 aliphatic carbocycles. The lowest BCUT2D eigenvalue weighted by Gasteiger charge is -2.34. The van der Waals surface area contributed by atoms with Crippen molar-refractivity contribution in [3.05, 3.63) is 35.6 Å². The topological polar surface area (TPSA) is 61.4 Å². The second-order valence-corrected chi connectivity index (χ2v) is 8.25. The Balaban J connectivity index is 1.39. The van der Waals surface area contributed by atoms with E-state index in [-0.39, 0.29) is 35.8 Å². The van der Waals surface area contributed by atoms with E-state index in [1.165, 1.54) is 12.5 Å². The molecule has 5 nitrogen and oxygen atoms in total. The van der Waals surface area contributed by atoms with Crippen LogP contribution in [0.4, 0.5) is 9.18 Å². The first-order valence-corrected chi connectivity index (χ1v) is 10.6. The quantitative estimate of drug-likeness (QED) is 0.808. The summed E-state index contributed by atoms with van der Waals surface area (Å²) in [5, 5.41) is 6.15. The number of nitrogens with zero attached hydrogens (tertiary/aromatic N) is 1. The van der Waals surface area contributed by atoms with Crippen LogP contribution in [0.2, 0.25) is 0 Å². The highest BCUT2D eigenvalue weighted by Gasteiger charge is 2.27. The molecule has 1 saturated carbocycles. The molecule has 1 saturated heterocycles. The third-order valence-corrected chi connectivity index (χ3v) is 5.96. The first kappa shape index (κ1) is 20.6. The number of carbonyl (C=O) groups excluding carboxylic acids is 2. The zero-order valence-corrected chi connectivity index (χ0v) is 16.8. The third kappa shape index (κ3) is 5.69. The van der Waals surface area contributed by atoms with E-state index in [0.717, 1.165) is 38.5 Å². The SMILES string of the molecule is CC(Cc1ccccc1F)NC(=O)N1CCC(NC(=O)C2CCCCC2)CC1. The van der Waals surface area contributed by atoms with Crippen LogP contribution in [0.1, 0.15) is 57.4 Å². The fourth-order valence-electron chi connectivity index (χ4n) is 4.26. The molecule has 1 aromatic carbocycles. The first-order chi connectivity index (χ1) is 13.5. The summed E-state index contributed by atoms with van der Waals surface area (Å²) in [5.41, 5.74) is 0.611. The number of hydrogen-bond donors (Lipinski definition) is 2. The van der Waals surface area contributed by atoms with E-state index in [9.17, 15) is 14.0 Å². The molecule has 1 unspecified atom stereocenters. The van der Waals surface area contributed by atoms with Crippen molar-refractivity contribution < 1.29 is 14.0 Å². The normalized spacial score (nSPS) is 19.9. The Morgan fingerprint density at radius 3 is 2.46 bits per heavy atom. The van der Waals surface area contributed by atoms with Crippen molar-refractivity contribution in [2.24, 2.45) is 5.92 Å². The lowest BCUT2D eigenvalue weighted by Crippen LogP contribution is -2.51. The molecule has 6 heteroatoms. The Labute approximate surface area is 167 Å². The van der Waals surface area contributed by atoms with Gasteiger partial charge in [0.2, 0.25) is 5.91 Å². The molecule has 2 N–H and O–H groups in total. The van der Waals surface area contributed by atoms with Gasteiger partial charge < -0.3 is 15.5 Å². The van der Waals surface area contributed by atoms with Gasteiger partial charge in [-0.3, -0.25) is 4.79 Å². The van der Waals surface area contributed by atoms with Crippen LogP contribution >= 0.6 is 0 Å². The molecule has 1 heterocycles. The zero-order chi connectivity index (χ0) is 19.9. The maximum atomic E-state index is 13.8. The number of amides is 3. The van der Waals surface area contributed by atoms with Crippen LogP contribution in [0.5, 0.6) is 0 Å². The Kier molecular flexibility index (Phi) is 7.29. The number of benzene rings is 1. The van der Waals surface area contributed by atoms with Gasteiger partial charge in [-0.2, -0.15) is 0 Å². The van der Waals surface area contributed by atoms with Gasteiger partial charge in [0.05, 0.1) is 0 Å². The van der Waals surface area contributed by atoms with Crippen LogP contribution in [0, 0.1) is 11.7 Å². The molecule has 0 spiro atoms. The molecular weight excluding hydrogens is 357 g/mol. The van der Waals surface area contributed by atoms with Crippen molar-refractivity contribution in [1.29, 1.82) is 0 Å². The van der Waals surface area contributed by atoms with Crippen LogP contribution in [-0.4, -0.2) is 42.0 Å². The van der Waals surface area contributed by atoms with Gasteiger partial charge in [-0.1, -0.05) is 37.5 Å². The van der Waals surface area contributed by atoms with Crippen molar-refractivity contribution in [3.63, 3.8) is 0 Å². The van der Waals surface area contributed by atoms with Crippen molar-refractivity contribution in [1.82, 2.24) is 15.5 Å². The van der Waals surface area contributed by atoms with Gasteiger partial charge in [-0.25, -0.2) is 9.18 Å². The van der Waals surface area contributed by atoms with Gasteiger partial charge in [0.25, 0.3) is 0 Å². The fourth-order valence-corrected chi connectivity index (χ4v) is 4.26. The molecule has 2 fully saturated rings. The average Bonchev–Trinajstić information content (AvgIpc) is 2.71. The summed E-state index contributed by atoms with van der Waals surface area (Å²) in [4.78, 5) is 26.7. The van der Waals surface area contributed by atoms with E-state index >= 15 is 0 Å². The molecular formula is C22H32FN3O2. The standard InChI is InChI=1S/C22H32FN3O2/c1-16(15-18-9-5-6-10-20(18)23)24-22(28)26-13-11-19(12-14-26)25-21(27)17-7-3-2-4-8-17/h5-6,9-10,16-17,19H,2-4,7-8,11-15H2,1H3,(H,24,28)(H,25,27). The van der Waals surface area contributed by atoms with Crippen LogP contribution in [0.15, 0.2) is 24.3 Å². The van der Waals surface area contributed by atoms with Gasteiger partial charge in [-0.15, -0.1) is 0 Å². The molecule has 0 aromatic heterocycles. The molecule has 2 aliphatic rings. The highest BCUT2D eigenvalue weighted by atomic mass is 19.1. The highest BCUT2D eigenvalue weighted by Crippen LogP contribution is 2.24. The van der Waals surface area contributed by atoms with E-state index in [1.807, 2.05) is 6.92 Å². The van der Waals surface area contributed by atoms with E-state index in [2.05, 4.69) is 10.6 Å². The smallest absolute Gasteiger partial charge is 0.317 e. The Morgan fingerprint density at radius 1 is 1.11 bits per heavy atom. The molecule has 154 valence electrons. The summed E-state index contributed by atoms with van der Waals surface area (Å²) in [5.74, 6) is 0.133. The monoisotopic (exact) mass is 389 g/mol. The maximum Gasteiger partial charge on any atom is 0.317 e. The van der Waals surface area contributed by atoms with Crippen LogP contribution < -0.4 is 10.6 Å². The number of nitrogens with one attached hydrogen (secondary N) is 2. The zero-order valence-electron chi connectivity index (χ0n) is 16.8. The predicted molar refractivity (Wildman–Crippen MR) is 107 cm³/mol. The van der Waals surface area contributed by atoms with Crippen molar-refractivity contribution in [3.8, 4) is 0 Å². The molecule has 0 bridgehead atoms. The maximum absolute atomic E-state index is 13.8. The van der Waals surface area contributed by atoms with Gasteiger partial charge in [0, 0.05) is 31.1 Å². The Morgan fingerprint density at radius 2 is 1.79 bits per heavy atom. The average molecular weight is 390 g/mol. The van der Waals surface area contributed by atoms with E-state index < -0.39 is 0 Å². The number of carbonyl (C=O) groups is 2. The number of rotatable bonds is 5. The van der Waals surface area contributed by atoms with E-state index in [0.29, 0.717) is 25.1 Å². The second-order valence-electron chi connectivity index (χ2n) is 8.25. The second kappa shape index (κ2) is 9.89. The van der Waals surface area contributed by atoms with E-state index in [4.69, 9.17) is 0 Å². The Hall–Kier alpha value is -2.11. The summed E-state index contributed by atoms with van der Waals surface area (Å²) in [6.07, 6.45) is 7.60. The Bertz CT molecular complexity index is 668. The molecule has 1 aromatic rings. The summed E-state index contributed by atoms with van der Waals surface area (Å²) in [7, 11) is 0. The number of urea groups is 1. The summed E-state index contributed by atoms with van der Waals surface area (Å²) in [6.45, 7) is 3.16. The van der Waals surface area contributed by atoms with Crippen molar-refractivity contribution >= 4 is 11.9 Å². The molecule has 3 rings (SSSR count). The largest absolute Gasteiger partial charge is 0.353 e. The molecule has 3 amide bonds. The lowest BCUT2D eigenvalue weighted by molar-refractivity contribution is -0.126. The number of likely N-dealkylation sites (tertiary alicyclic amines) is 1. The van der Waals surface area contributed by atoms with Crippen LogP contribution in [0.3, 0.4) is 0 Å². The van der Waals surface area contributed by atoms with Gasteiger partial charge in [0.1, 0.15) is 5.82 Å². The predicted octanol–water partition coefficient (Wildman–Crippen LogP) is 3.63. The first-order valence-electron chi connectivity index (χ1n) is 10.6. The number of hydrogen-bond acceptors (Lipinski definition) is 2.